The average molecular weight is 246 g/mol. The highest BCUT2D eigenvalue weighted by Gasteiger charge is 2.09. The summed E-state index contributed by atoms with van der Waals surface area (Å²) in [5.74, 6) is 1.21. The summed E-state index contributed by atoms with van der Waals surface area (Å²) in [7, 11) is 0. The van der Waals surface area contributed by atoms with Crippen LogP contribution >= 0.6 is 11.6 Å². The van der Waals surface area contributed by atoms with Crippen molar-refractivity contribution in [1.29, 1.82) is 0 Å². The van der Waals surface area contributed by atoms with E-state index in [-0.39, 0.29) is 0 Å². The Labute approximate surface area is 102 Å². The summed E-state index contributed by atoms with van der Waals surface area (Å²) in [4.78, 5) is 4.10. The van der Waals surface area contributed by atoms with Gasteiger partial charge in [0.2, 0.25) is 0 Å². The maximum atomic E-state index is 5.97. The summed E-state index contributed by atoms with van der Waals surface area (Å²) in [6.45, 7) is 0. The third-order valence-corrected chi connectivity index (χ3v) is 2.59. The van der Waals surface area contributed by atoms with Gasteiger partial charge in [0, 0.05) is 28.7 Å². The van der Waals surface area contributed by atoms with Gasteiger partial charge in [-0.2, -0.15) is 0 Å². The smallest absolute Gasteiger partial charge is 0.255 e. The minimum Gasteiger partial charge on any atom is -0.399 e. The number of nitrogen functional groups attached to an aromatic ring is 1. The molecule has 0 aliphatic rings. The number of nitrogens with zero attached hydrogens (tertiary/aromatic N) is 4. The number of anilines is 1. The summed E-state index contributed by atoms with van der Waals surface area (Å²) in [5, 5.41) is 8.63. The molecular formula is C11H8ClN5. The molecule has 3 aromatic rings. The molecule has 0 amide bonds. The van der Waals surface area contributed by atoms with Gasteiger partial charge in [-0.25, -0.2) is 4.98 Å². The van der Waals surface area contributed by atoms with Gasteiger partial charge in [0.25, 0.3) is 5.78 Å². The fourth-order valence-corrected chi connectivity index (χ4v) is 1.92. The predicted octanol–water partition coefficient (Wildman–Crippen LogP) is 2.03. The second-order valence-electron chi connectivity index (χ2n) is 3.59. The first-order chi connectivity index (χ1) is 8.24. The van der Waals surface area contributed by atoms with Crippen LogP contribution in [0.5, 0.6) is 0 Å². The van der Waals surface area contributed by atoms with Crippen molar-refractivity contribution in [1.82, 2.24) is 19.6 Å². The Morgan fingerprint density at radius 2 is 2.06 bits per heavy atom. The van der Waals surface area contributed by atoms with Crippen LogP contribution in [0, 0.1) is 0 Å². The van der Waals surface area contributed by atoms with Crippen LogP contribution in [-0.2, 0) is 0 Å². The Balaban J connectivity index is 2.27. The second-order valence-corrected chi connectivity index (χ2v) is 4.02. The third kappa shape index (κ3) is 1.70. The molecule has 0 fully saturated rings. The average Bonchev–Trinajstić information content (AvgIpc) is 2.71. The monoisotopic (exact) mass is 245 g/mol. The molecule has 0 aliphatic carbocycles. The Kier molecular flexibility index (Phi) is 2.19. The minimum atomic E-state index is 0.543. The lowest BCUT2D eigenvalue weighted by atomic mass is 10.2. The highest BCUT2D eigenvalue weighted by atomic mass is 35.5. The molecule has 6 heteroatoms. The highest BCUT2D eigenvalue weighted by Crippen LogP contribution is 2.24. The van der Waals surface area contributed by atoms with Gasteiger partial charge < -0.3 is 5.73 Å². The topological polar surface area (TPSA) is 69.1 Å². The van der Waals surface area contributed by atoms with Gasteiger partial charge in [0.1, 0.15) is 0 Å². The summed E-state index contributed by atoms with van der Waals surface area (Å²) < 4.78 is 1.78. The van der Waals surface area contributed by atoms with Crippen molar-refractivity contribution < 1.29 is 0 Å². The number of hydrogen-bond donors (Lipinski definition) is 1. The van der Waals surface area contributed by atoms with Gasteiger partial charge in [-0.1, -0.05) is 11.6 Å². The van der Waals surface area contributed by atoms with Crippen LogP contribution < -0.4 is 5.73 Å². The van der Waals surface area contributed by atoms with Gasteiger partial charge in [-0.05, 0) is 24.3 Å². The summed E-state index contributed by atoms with van der Waals surface area (Å²) in [6, 6.07) is 7.09. The van der Waals surface area contributed by atoms with Crippen molar-refractivity contribution in [2.24, 2.45) is 0 Å². The SMILES string of the molecule is Nc1cc(Cl)cc(-c2nnc3ncccn23)c1. The Bertz CT molecular complexity index is 671. The van der Waals surface area contributed by atoms with E-state index in [1.807, 2.05) is 12.3 Å². The zero-order valence-corrected chi connectivity index (χ0v) is 9.46. The van der Waals surface area contributed by atoms with Crippen molar-refractivity contribution in [2.45, 2.75) is 0 Å². The molecule has 84 valence electrons. The molecule has 0 saturated carbocycles. The fraction of sp³-hybridized carbons (Fsp3) is 0. The second kappa shape index (κ2) is 3.71. The van der Waals surface area contributed by atoms with Crippen LogP contribution in [0.1, 0.15) is 0 Å². The molecule has 2 N–H and O–H groups in total. The molecule has 17 heavy (non-hydrogen) atoms. The molecule has 0 saturated heterocycles. The van der Waals surface area contributed by atoms with E-state index < -0.39 is 0 Å². The maximum Gasteiger partial charge on any atom is 0.255 e. The number of rotatable bonds is 1. The number of hydrogen-bond acceptors (Lipinski definition) is 4. The van der Waals surface area contributed by atoms with Crippen LogP contribution in [-0.4, -0.2) is 19.6 Å². The maximum absolute atomic E-state index is 5.97. The van der Waals surface area contributed by atoms with E-state index in [2.05, 4.69) is 15.2 Å². The number of nitrogens with two attached hydrogens (primary N) is 1. The largest absolute Gasteiger partial charge is 0.399 e. The lowest BCUT2D eigenvalue weighted by molar-refractivity contribution is 1.10. The highest BCUT2D eigenvalue weighted by molar-refractivity contribution is 6.31. The van der Waals surface area contributed by atoms with E-state index >= 15 is 0 Å². The number of fused-ring (bicyclic) bond motifs is 1. The van der Waals surface area contributed by atoms with Gasteiger partial charge in [0.15, 0.2) is 5.82 Å². The molecule has 0 aliphatic heterocycles. The van der Waals surface area contributed by atoms with E-state index in [0.29, 0.717) is 22.3 Å². The summed E-state index contributed by atoms with van der Waals surface area (Å²) in [5.41, 5.74) is 7.16. The molecule has 0 unspecified atom stereocenters. The number of benzene rings is 1. The summed E-state index contributed by atoms with van der Waals surface area (Å²) in [6.07, 6.45) is 3.51. The predicted molar refractivity (Wildman–Crippen MR) is 65.6 cm³/mol. The first-order valence-electron chi connectivity index (χ1n) is 4.96. The molecule has 5 nitrogen and oxygen atoms in total. The zero-order valence-electron chi connectivity index (χ0n) is 8.71. The third-order valence-electron chi connectivity index (χ3n) is 2.37. The van der Waals surface area contributed by atoms with Crippen molar-refractivity contribution >= 4 is 23.1 Å². The molecule has 0 spiro atoms. The lowest BCUT2D eigenvalue weighted by Gasteiger charge is -2.02. The molecule has 0 radical (unpaired) electrons. The number of aromatic nitrogens is 4. The van der Waals surface area contributed by atoms with Gasteiger partial charge in [-0.3, -0.25) is 4.40 Å². The molecule has 2 heterocycles. The van der Waals surface area contributed by atoms with Gasteiger partial charge in [-0.15, -0.1) is 10.2 Å². The van der Waals surface area contributed by atoms with Gasteiger partial charge in [0.05, 0.1) is 0 Å². The van der Waals surface area contributed by atoms with Crippen LogP contribution in [0.4, 0.5) is 5.69 Å². The molecule has 1 aromatic carbocycles. The van der Waals surface area contributed by atoms with Crippen LogP contribution in [0.25, 0.3) is 17.2 Å². The zero-order chi connectivity index (χ0) is 11.8. The standard InChI is InChI=1S/C11H8ClN5/c12-8-4-7(5-9(13)6-8)10-15-16-11-14-2-1-3-17(10)11/h1-6H,13H2. The first-order valence-corrected chi connectivity index (χ1v) is 5.34. The first kappa shape index (κ1) is 10.0. The Morgan fingerprint density at radius 3 is 2.88 bits per heavy atom. The molecule has 0 bridgehead atoms. The van der Waals surface area contributed by atoms with Crippen LogP contribution in [0.3, 0.4) is 0 Å². The van der Waals surface area contributed by atoms with Crippen molar-refractivity contribution in [2.75, 3.05) is 5.73 Å². The van der Waals surface area contributed by atoms with Gasteiger partial charge >= 0.3 is 0 Å². The van der Waals surface area contributed by atoms with Crippen molar-refractivity contribution in [3.63, 3.8) is 0 Å². The normalized spacial score (nSPS) is 10.9. The van der Waals surface area contributed by atoms with E-state index in [1.165, 1.54) is 0 Å². The molecule has 2 aromatic heterocycles. The van der Waals surface area contributed by atoms with E-state index in [0.717, 1.165) is 5.56 Å². The summed E-state index contributed by atoms with van der Waals surface area (Å²) >= 11 is 5.97. The fourth-order valence-electron chi connectivity index (χ4n) is 1.68. The Hall–Kier alpha value is -2.14. The van der Waals surface area contributed by atoms with Crippen LogP contribution in [0.15, 0.2) is 36.7 Å². The quantitative estimate of drug-likeness (QED) is 0.666. The molecular weight excluding hydrogens is 238 g/mol. The minimum absolute atomic E-state index is 0.543. The van der Waals surface area contributed by atoms with Crippen molar-refractivity contribution in [3.05, 3.63) is 41.7 Å². The van der Waals surface area contributed by atoms with E-state index in [9.17, 15) is 0 Å². The molecule has 3 rings (SSSR count). The Morgan fingerprint density at radius 1 is 1.18 bits per heavy atom. The van der Waals surface area contributed by atoms with E-state index in [4.69, 9.17) is 17.3 Å². The number of halogens is 1. The van der Waals surface area contributed by atoms with E-state index in [1.54, 1.807) is 28.8 Å². The molecule has 0 atom stereocenters. The lowest BCUT2D eigenvalue weighted by Crippen LogP contribution is -1.92. The van der Waals surface area contributed by atoms with Crippen LogP contribution in [0.2, 0.25) is 5.02 Å². The van der Waals surface area contributed by atoms with Crippen molar-refractivity contribution in [3.8, 4) is 11.4 Å².